The van der Waals surface area contributed by atoms with Crippen molar-refractivity contribution in [3.8, 4) is 0 Å². The maximum Gasteiger partial charge on any atom is 0.329 e. The van der Waals surface area contributed by atoms with Crippen LogP contribution >= 0.6 is 11.3 Å². The summed E-state index contributed by atoms with van der Waals surface area (Å²) < 4.78 is 5.18. The third kappa shape index (κ3) is 2.79. The molecule has 104 valence electrons. The smallest absolute Gasteiger partial charge is 0.329 e. The molecule has 1 aliphatic heterocycles. The largest absolute Gasteiger partial charge is 0.480 e. The third-order valence-corrected chi connectivity index (χ3v) is 4.40. The van der Waals surface area contributed by atoms with Gasteiger partial charge >= 0.3 is 5.97 Å². The highest BCUT2D eigenvalue weighted by atomic mass is 32.1. The highest BCUT2D eigenvalue weighted by Gasteiger charge is 2.42. The summed E-state index contributed by atoms with van der Waals surface area (Å²) in [5, 5.41) is 13.9. The average Bonchev–Trinajstić information content (AvgIpc) is 2.88. The second kappa shape index (κ2) is 5.71. The van der Waals surface area contributed by atoms with E-state index in [-0.39, 0.29) is 5.91 Å². The van der Waals surface area contributed by atoms with Gasteiger partial charge in [-0.15, -0.1) is 11.3 Å². The van der Waals surface area contributed by atoms with Gasteiger partial charge in [0.25, 0.3) is 5.91 Å². The number of carbonyl (C=O) groups excluding carboxylic acids is 1. The first-order chi connectivity index (χ1) is 9.09. The molecule has 0 spiro atoms. The molecule has 5 nitrogen and oxygen atoms in total. The van der Waals surface area contributed by atoms with E-state index in [4.69, 9.17) is 4.74 Å². The van der Waals surface area contributed by atoms with E-state index in [9.17, 15) is 14.7 Å². The number of carboxylic acid groups (broad SMARTS) is 1. The molecule has 0 aromatic carbocycles. The Labute approximate surface area is 115 Å². The quantitative estimate of drug-likeness (QED) is 0.881. The number of amides is 1. The van der Waals surface area contributed by atoms with Crippen LogP contribution in [0.4, 0.5) is 0 Å². The van der Waals surface area contributed by atoms with Crippen LogP contribution in [0.25, 0.3) is 0 Å². The van der Waals surface area contributed by atoms with Crippen molar-refractivity contribution in [2.24, 2.45) is 0 Å². The van der Waals surface area contributed by atoms with Crippen LogP contribution in [0.5, 0.6) is 0 Å². The first-order valence-electron chi connectivity index (χ1n) is 6.29. The molecule has 1 saturated heterocycles. The molecule has 0 bridgehead atoms. The molecule has 0 atom stereocenters. The van der Waals surface area contributed by atoms with E-state index in [0.717, 1.165) is 12.0 Å². The molecule has 1 fully saturated rings. The van der Waals surface area contributed by atoms with E-state index < -0.39 is 11.5 Å². The van der Waals surface area contributed by atoms with Crippen molar-refractivity contribution in [2.45, 2.75) is 31.7 Å². The van der Waals surface area contributed by atoms with Crippen molar-refractivity contribution in [3.05, 3.63) is 21.9 Å². The maximum absolute atomic E-state index is 12.3. The van der Waals surface area contributed by atoms with Crippen LogP contribution in [0.3, 0.4) is 0 Å². The van der Waals surface area contributed by atoms with Gasteiger partial charge in [-0.3, -0.25) is 4.79 Å². The molecule has 1 aliphatic rings. The fourth-order valence-corrected chi connectivity index (χ4v) is 3.09. The Balaban J connectivity index is 2.18. The predicted molar refractivity (Wildman–Crippen MR) is 71.6 cm³/mol. The molecule has 1 amide bonds. The number of hydrogen-bond acceptors (Lipinski definition) is 4. The van der Waals surface area contributed by atoms with Crippen molar-refractivity contribution in [3.63, 3.8) is 0 Å². The minimum atomic E-state index is -1.19. The Kier molecular flexibility index (Phi) is 4.21. The van der Waals surface area contributed by atoms with E-state index in [2.05, 4.69) is 5.32 Å². The molecule has 2 rings (SSSR count). The second-order valence-corrected chi connectivity index (χ2v) is 5.50. The number of ether oxygens (including phenoxy) is 1. The molecule has 1 aromatic heterocycles. The zero-order chi connectivity index (χ0) is 13.9. The van der Waals surface area contributed by atoms with Gasteiger partial charge < -0.3 is 15.2 Å². The van der Waals surface area contributed by atoms with Crippen molar-refractivity contribution >= 4 is 23.2 Å². The monoisotopic (exact) mass is 283 g/mol. The summed E-state index contributed by atoms with van der Waals surface area (Å²) in [6, 6.07) is 1.90. The number of aryl methyl sites for hydroxylation is 1. The van der Waals surface area contributed by atoms with E-state index in [1.807, 2.05) is 18.4 Å². The minimum absolute atomic E-state index is 0.295. The van der Waals surface area contributed by atoms with Gasteiger partial charge in [0.15, 0.2) is 0 Å². The van der Waals surface area contributed by atoms with Crippen molar-refractivity contribution in [2.75, 3.05) is 13.2 Å². The molecular weight excluding hydrogens is 266 g/mol. The van der Waals surface area contributed by atoms with E-state index >= 15 is 0 Å². The maximum atomic E-state index is 12.3. The Morgan fingerprint density at radius 2 is 2.16 bits per heavy atom. The summed E-state index contributed by atoms with van der Waals surface area (Å²) in [5.41, 5.74) is -0.236. The highest BCUT2D eigenvalue weighted by molar-refractivity contribution is 7.12. The van der Waals surface area contributed by atoms with Gasteiger partial charge in [0.05, 0.1) is 4.88 Å². The number of nitrogens with one attached hydrogen (secondary N) is 1. The summed E-state index contributed by atoms with van der Waals surface area (Å²) in [6.07, 6.45) is 1.37. The average molecular weight is 283 g/mol. The van der Waals surface area contributed by atoms with Crippen LogP contribution in [-0.2, 0) is 16.0 Å². The zero-order valence-corrected chi connectivity index (χ0v) is 11.6. The van der Waals surface area contributed by atoms with Crippen LogP contribution in [0.1, 0.15) is 35.0 Å². The standard InChI is InChI=1S/C13H17NO4S/c1-2-9-3-8-19-10(9)11(15)14-13(12(16)17)4-6-18-7-5-13/h3,8H,2,4-7H2,1H3,(H,14,15)(H,16,17). The molecule has 0 aliphatic carbocycles. The van der Waals surface area contributed by atoms with Crippen LogP contribution in [0.2, 0.25) is 0 Å². The van der Waals surface area contributed by atoms with E-state index in [0.29, 0.717) is 30.9 Å². The van der Waals surface area contributed by atoms with Crippen LogP contribution in [-0.4, -0.2) is 35.7 Å². The predicted octanol–water partition coefficient (Wildman–Crippen LogP) is 1.67. The van der Waals surface area contributed by atoms with Gasteiger partial charge in [-0.1, -0.05) is 6.92 Å². The molecule has 0 radical (unpaired) electrons. The Hall–Kier alpha value is -1.40. The molecule has 19 heavy (non-hydrogen) atoms. The van der Waals surface area contributed by atoms with Gasteiger partial charge in [0.2, 0.25) is 0 Å². The number of rotatable bonds is 4. The summed E-state index contributed by atoms with van der Waals surface area (Å²) in [4.78, 5) is 24.3. The van der Waals surface area contributed by atoms with Gasteiger partial charge in [0, 0.05) is 26.1 Å². The van der Waals surface area contributed by atoms with Gasteiger partial charge in [-0.05, 0) is 23.4 Å². The van der Waals surface area contributed by atoms with Crippen molar-refractivity contribution < 1.29 is 19.4 Å². The molecule has 2 N–H and O–H groups in total. The first-order valence-corrected chi connectivity index (χ1v) is 7.17. The lowest BCUT2D eigenvalue weighted by atomic mass is 9.90. The Morgan fingerprint density at radius 3 is 2.74 bits per heavy atom. The SMILES string of the molecule is CCc1ccsc1C(=O)NC1(C(=O)O)CCOCC1. The molecule has 2 heterocycles. The first kappa shape index (κ1) is 14.0. The fourth-order valence-electron chi connectivity index (χ4n) is 2.20. The molecule has 0 unspecified atom stereocenters. The number of carbonyl (C=O) groups is 2. The highest BCUT2D eigenvalue weighted by Crippen LogP contribution is 2.24. The number of carboxylic acids is 1. The molecule has 1 aromatic rings. The molecule has 0 saturated carbocycles. The topological polar surface area (TPSA) is 75.6 Å². The number of thiophene rings is 1. The molecular formula is C13H17NO4S. The second-order valence-electron chi connectivity index (χ2n) is 4.58. The number of hydrogen-bond donors (Lipinski definition) is 2. The van der Waals surface area contributed by atoms with Crippen molar-refractivity contribution in [1.29, 1.82) is 0 Å². The lowest BCUT2D eigenvalue weighted by molar-refractivity contribution is -0.148. The summed E-state index contributed by atoms with van der Waals surface area (Å²) in [7, 11) is 0. The molecule has 6 heteroatoms. The summed E-state index contributed by atoms with van der Waals surface area (Å²) in [5.74, 6) is -1.28. The fraction of sp³-hybridized carbons (Fsp3) is 0.538. The van der Waals surface area contributed by atoms with Crippen molar-refractivity contribution in [1.82, 2.24) is 5.32 Å². The van der Waals surface area contributed by atoms with E-state index in [1.165, 1.54) is 11.3 Å². The normalized spacial score (nSPS) is 17.9. The third-order valence-electron chi connectivity index (χ3n) is 3.44. The van der Waals surface area contributed by atoms with Gasteiger partial charge in [-0.25, -0.2) is 4.79 Å². The zero-order valence-electron chi connectivity index (χ0n) is 10.8. The van der Waals surface area contributed by atoms with Crippen LogP contribution in [0, 0.1) is 0 Å². The van der Waals surface area contributed by atoms with E-state index in [1.54, 1.807) is 0 Å². The summed E-state index contributed by atoms with van der Waals surface area (Å²) in [6.45, 7) is 2.69. The Bertz CT molecular complexity index is 477. The van der Waals surface area contributed by atoms with Gasteiger partial charge in [0.1, 0.15) is 5.54 Å². The lowest BCUT2D eigenvalue weighted by Gasteiger charge is -2.33. The lowest BCUT2D eigenvalue weighted by Crippen LogP contribution is -2.57. The number of aliphatic carboxylic acids is 1. The summed E-state index contributed by atoms with van der Waals surface area (Å²) >= 11 is 1.35. The Morgan fingerprint density at radius 1 is 1.47 bits per heavy atom. The van der Waals surface area contributed by atoms with Gasteiger partial charge in [-0.2, -0.15) is 0 Å². The van der Waals surface area contributed by atoms with Crippen LogP contribution in [0.15, 0.2) is 11.4 Å². The van der Waals surface area contributed by atoms with Crippen LogP contribution < -0.4 is 5.32 Å². The minimum Gasteiger partial charge on any atom is -0.480 e.